The predicted octanol–water partition coefficient (Wildman–Crippen LogP) is 6.72. The molecule has 0 bridgehead atoms. The summed E-state index contributed by atoms with van der Waals surface area (Å²) in [6.45, 7) is 6.54. The quantitative estimate of drug-likeness (QED) is 0.246. The van der Waals surface area contributed by atoms with Crippen molar-refractivity contribution in [2.75, 3.05) is 6.61 Å². The first-order valence-electron chi connectivity index (χ1n) is 11.1. The van der Waals surface area contributed by atoms with E-state index < -0.39 is 11.9 Å². The average molecular weight is 391 g/mol. The lowest BCUT2D eigenvalue weighted by Crippen LogP contribution is -2.18. The third-order valence-corrected chi connectivity index (χ3v) is 4.85. The van der Waals surface area contributed by atoms with Gasteiger partial charge in [0.1, 0.15) is 0 Å². The van der Waals surface area contributed by atoms with Crippen LogP contribution in [0.4, 0.5) is 0 Å². The van der Waals surface area contributed by atoms with Crippen LogP contribution in [0.5, 0.6) is 0 Å². The Labute approximate surface area is 171 Å². The van der Waals surface area contributed by atoms with Gasteiger partial charge in [-0.3, -0.25) is 0 Å². The highest BCUT2D eigenvalue weighted by atomic mass is 16.5. The van der Waals surface area contributed by atoms with Crippen molar-refractivity contribution < 1.29 is 19.1 Å². The fraction of sp³-hybridized carbons (Fsp3) is 0.667. The highest BCUT2D eigenvalue weighted by Gasteiger charge is 2.20. The fourth-order valence-electron chi connectivity index (χ4n) is 3.21. The van der Waals surface area contributed by atoms with Gasteiger partial charge in [0, 0.05) is 0 Å². The van der Waals surface area contributed by atoms with Crippen LogP contribution in [0.2, 0.25) is 0 Å². The average Bonchev–Trinajstić information content (AvgIpc) is 2.69. The molecule has 0 saturated carbocycles. The van der Waals surface area contributed by atoms with Crippen LogP contribution in [0.1, 0.15) is 112 Å². The summed E-state index contributed by atoms with van der Waals surface area (Å²) < 4.78 is 10.8. The van der Waals surface area contributed by atoms with Crippen LogP contribution in [0.3, 0.4) is 0 Å². The monoisotopic (exact) mass is 390 g/mol. The van der Waals surface area contributed by atoms with Crippen molar-refractivity contribution in [2.45, 2.75) is 97.5 Å². The summed E-state index contributed by atoms with van der Waals surface area (Å²) >= 11 is 0. The predicted molar refractivity (Wildman–Crippen MR) is 114 cm³/mol. The van der Waals surface area contributed by atoms with E-state index in [4.69, 9.17) is 9.47 Å². The Morgan fingerprint density at radius 3 is 1.89 bits per heavy atom. The van der Waals surface area contributed by atoms with Gasteiger partial charge < -0.3 is 9.47 Å². The lowest BCUT2D eigenvalue weighted by atomic mass is 10.1. The van der Waals surface area contributed by atoms with E-state index in [2.05, 4.69) is 6.92 Å². The van der Waals surface area contributed by atoms with Crippen LogP contribution in [0.15, 0.2) is 24.3 Å². The highest BCUT2D eigenvalue weighted by Crippen LogP contribution is 2.15. The Kier molecular flexibility index (Phi) is 13.1. The van der Waals surface area contributed by atoms with Crippen molar-refractivity contribution >= 4 is 11.9 Å². The third kappa shape index (κ3) is 9.91. The summed E-state index contributed by atoms with van der Waals surface area (Å²) in [6, 6.07) is 6.72. The van der Waals surface area contributed by atoms with Crippen LogP contribution in [0, 0.1) is 0 Å². The molecule has 4 heteroatoms. The molecule has 158 valence electrons. The van der Waals surface area contributed by atoms with Crippen molar-refractivity contribution in [1.29, 1.82) is 0 Å². The van der Waals surface area contributed by atoms with Gasteiger partial charge in [-0.2, -0.15) is 0 Å². The van der Waals surface area contributed by atoms with Gasteiger partial charge in [-0.15, -0.1) is 0 Å². The van der Waals surface area contributed by atoms with Gasteiger partial charge in [-0.25, -0.2) is 9.59 Å². The minimum atomic E-state index is -0.462. The van der Waals surface area contributed by atoms with Crippen molar-refractivity contribution in [3.63, 3.8) is 0 Å². The van der Waals surface area contributed by atoms with E-state index in [1.807, 2.05) is 13.8 Å². The smallest absolute Gasteiger partial charge is 0.339 e. The minimum absolute atomic E-state index is 0.163. The number of hydrogen-bond donors (Lipinski definition) is 0. The van der Waals surface area contributed by atoms with Crippen molar-refractivity contribution in [3.8, 4) is 0 Å². The molecule has 0 fully saturated rings. The zero-order valence-corrected chi connectivity index (χ0v) is 18.0. The molecular weight excluding hydrogens is 352 g/mol. The Hall–Kier alpha value is -1.84. The summed E-state index contributed by atoms with van der Waals surface area (Å²) in [5.74, 6) is -0.910. The first-order chi connectivity index (χ1) is 13.6. The van der Waals surface area contributed by atoms with Crippen LogP contribution >= 0.6 is 0 Å². The summed E-state index contributed by atoms with van der Waals surface area (Å²) in [7, 11) is 0. The van der Waals surface area contributed by atoms with Crippen LogP contribution in [-0.2, 0) is 9.47 Å². The lowest BCUT2D eigenvalue weighted by molar-refractivity contribution is 0.0311. The maximum atomic E-state index is 12.4. The molecule has 28 heavy (non-hydrogen) atoms. The largest absolute Gasteiger partial charge is 0.462 e. The van der Waals surface area contributed by atoms with Crippen molar-refractivity contribution in [1.82, 2.24) is 0 Å². The molecule has 1 unspecified atom stereocenters. The minimum Gasteiger partial charge on any atom is -0.462 e. The van der Waals surface area contributed by atoms with Gasteiger partial charge in [-0.05, 0) is 31.9 Å². The van der Waals surface area contributed by atoms with Gasteiger partial charge in [0.25, 0.3) is 0 Å². The molecule has 0 saturated heterocycles. The molecule has 0 radical (unpaired) electrons. The van der Waals surface area contributed by atoms with Gasteiger partial charge in [-0.1, -0.05) is 83.8 Å². The fourth-order valence-corrected chi connectivity index (χ4v) is 3.21. The van der Waals surface area contributed by atoms with E-state index in [9.17, 15) is 9.59 Å². The molecule has 0 heterocycles. The normalized spacial score (nSPS) is 11.8. The molecular formula is C24H38O4. The molecule has 0 spiro atoms. The van der Waals surface area contributed by atoms with Crippen LogP contribution in [0.25, 0.3) is 0 Å². The zero-order chi connectivity index (χ0) is 20.6. The Morgan fingerprint density at radius 1 is 0.786 bits per heavy atom. The number of rotatable bonds is 15. The molecule has 0 amide bonds. The Morgan fingerprint density at radius 2 is 1.32 bits per heavy atom. The molecule has 1 atom stereocenters. The van der Waals surface area contributed by atoms with Crippen LogP contribution in [-0.4, -0.2) is 24.6 Å². The maximum absolute atomic E-state index is 12.4. The second kappa shape index (κ2) is 15.1. The van der Waals surface area contributed by atoms with E-state index in [1.165, 1.54) is 44.9 Å². The Balaban J connectivity index is 2.34. The van der Waals surface area contributed by atoms with E-state index in [1.54, 1.807) is 24.3 Å². The topological polar surface area (TPSA) is 52.6 Å². The molecule has 4 nitrogen and oxygen atoms in total. The summed E-state index contributed by atoms with van der Waals surface area (Å²) in [6.07, 6.45) is 12.5. The van der Waals surface area contributed by atoms with Crippen molar-refractivity contribution in [2.24, 2.45) is 0 Å². The molecule has 0 aliphatic carbocycles. The number of ether oxygens (including phenoxy) is 2. The van der Waals surface area contributed by atoms with E-state index >= 15 is 0 Å². The maximum Gasteiger partial charge on any atom is 0.339 e. The standard InChI is InChI=1S/C24H38O4/c1-4-6-7-8-9-10-11-12-15-19-27-23(25)21-17-13-14-18-22(21)24(26)28-20(3)16-5-2/h13-14,17-18,20H,4-12,15-16,19H2,1-3H3. The lowest BCUT2D eigenvalue weighted by Gasteiger charge is -2.14. The van der Waals surface area contributed by atoms with Gasteiger partial charge in [0.15, 0.2) is 0 Å². The zero-order valence-electron chi connectivity index (χ0n) is 18.0. The number of hydrogen-bond acceptors (Lipinski definition) is 4. The van der Waals surface area contributed by atoms with Gasteiger partial charge >= 0.3 is 11.9 Å². The highest BCUT2D eigenvalue weighted by molar-refractivity contribution is 6.03. The van der Waals surface area contributed by atoms with Gasteiger partial charge in [0.05, 0.1) is 23.8 Å². The second-order valence-electron chi connectivity index (χ2n) is 7.51. The SMILES string of the molecule is CCCCCCCCCCCOC(=O)c1ccccc1C(=O)OC(C)CCC. The first-order valence-corrected chi connectivity index (χ1v) is 11.1. The molecule has 1 aromatic carbocycles. The van der Waals surface area contributed by atoms with Crippen LogP contribution < -0.4 is 0 Å². The van der Waals surface area contributed by atoms with E-state index in [0.29, 0.717) is 6.61 Å². The summed E-state index contributed by atoms with van der Waals surface area (Å²) in [5, 5.41) is 0. The molecule has 1 aromatic rings. The molecule has 0 aromatic heterocycles. The summed E-state index contributed by atoms with van der Waals surface area (Å²) in [5.41, 5.74) is 0.564. The molecule has 1 rings (SSSR count). The molecule has 0 N–H and O–H groups in total. The summed E-state index contributed by atoms with van der Waals surface area (Å²) in [4.78, 5) is 24.8. The number of esters is 2. The molecule has 0 aliphatic rings. The van der Waals surface area contributed by atoms with Gasteiger partial charge in [0.2, 0.25) is 0 Å². The van der Waals surface area contributed by atoms with E-state index in [0.717, 1.165) is 25.7 Å². The number of unbranched alkanes of at least 4 members (excludes halogenated alkanes) is 8. The Bertz CT molecular complexity index is 567. The first kappa shape index (κ1) is 24.2. The second-order valence-corrected chi connectivity index (χ2v) is 7.51. The third-order valence-electron chi connectivity index (χ3n) is 4.85. The number of carbonyl (C=O) groups excluding carboxylic acids is 2. The van der Waals surface area contributed by atoms with Crippen molar-refractivity contribution in [3.05, 3.63) is 35.4 Å². The number of carbonyl (C=O) groups is 2. The molecule has 0 aliphatic heterocycles. The number of benzene rings is 1. The van der Waals surface area contributed by atoms with E-state index in [-0.39, 0.29) is 17.2 Å².